The van der Waals surface area contributed by atoms with Crippen molar-refractivity contribution in [2.75, 3.05) is 0 Å². The van der Waals surface area contributed by atoms with Crippen molar-refractivity contribution in [3.05, 3.63) is 58.1 Å². The molecule has 2 N–H and O–H groups in total. The van der Waals surface area contributed by atoms with E-state index < -0.39 is 34.1 Å². The number of nitrogens with zero attached hydrogens (tertiary/aromatic N) is 1. The van der Waals surface area contributed by atoms with Gasteiger partial charge >= 0.3 is 11.8 Å². The minimum atomic E-state index is -1.23. The average molecular weight is 310 g/mol. The number of rotatable bonds is 4. The summed E-state index contributed by atoms with van der Waals surface area (Å²) >= 11 is 0. The molecule has 0 radical (unpaired) electrons. The van der Waals surface area contributed by atoms with Crippen molar-refractivity contribution in [1.82, 2.24) is 0 Å². The SMILES string of the molecule is NC(=O)Oc1ccc(Oc2cc(F)c([N+](=O)[O-])cc2F)cc1. The lowest BCUT2D eigenvalue weighted by Crippen LogP contribution is -2.16. The summed E-state index contributed by atoms with van der Waals surface area (Å²) in [6.07, 6.45) is -1.00. The molecular weight excluding hydrogens is 302 g/mol. The Balaban J connectivity index is 2.22. The van der Waals surface area contributed by atoms with Gasteiger partial charge in [-0.15, -0.1) is 0 Å². The summed E-state index contributed by atoms with van der Waals surface area (Å²) in [6, 6.07) is 6.27. The second-order valence-corrected chi connectivity index (χ2v) is 3.99. The van der Waals surface area contributed by atoms with E-state index in [1.807, 2.05) is 0 Å². The molecule has 0 aromatic heterocycles. The van der Waals surface area contributed by atoms with Gasteiger partial charge in [0.1, 0.15) is 11.5 Å². The lowest BCUT2D eigenvalue weighted by molar-refractivity contribution is -0.387. The number of nitro benzene ring substituents is 1. The second-order valence-electron chi connectivity index (χ2n) is 3.99. The molecule has 1 amide bonds. The monoisotopic (exact) mass is 310 g/mol. The largest absolute Gasteiger partial charge is 0.454 e. The summed E-state index contributed by atoms with van der Waals surface area (Å²) in [5, 5.41) is 10.5. The van der Waals surface area contributed by atoms with Crippen molar-refractivity contribution >= 4 is 11.8 Å². The topological polar surface area (TPSA) is 105 Å². The van der Waals surface area contributed by atoms with Crippen molar-refractivity contribution in [2.24, 2.45) is 5.73 Å². The lowest BCUT2D eigenvalue weighted by atomic mass is 10.2. The first kappa shape index (κ1) is 15.2. The van der Waals surface area contributed by atoms with E-state index in [4.69, 9.17) is 10.5 Å². The third-order valence-electron chi connectivity index (χ3n) is 2.47. The Morgan fingerprint density at radius 3 is 2.23 bits per heavy atom. The first-order chi connectivity index (χ1) is 10.4. The van der Waals surface area contributed by atoms with Gasteiger partial charge in [-0.2, -0.15) is 4.39 Å². The van der Waals surface area contributed by atoms with E-state index in [-0.39, 0.29) is 11.5 Å². The van der Waals surface area contributed by atoms with Gasteiger partial charge in [-0.1, -0.05) is 0 Å². The summed E-state index contributed by atoms with van der Waals surface area (Å²) in [7, 11) is 0. The van der Waals surface area contributed by atoms with Gasteiger partial charge in [0, 0.05) is 6.07 Å². The summed E-state index contributed by atoms with van der Waals surface area (Å²) in [5.74, 6) is -2.61. The number of hydrogen-bond donors (Lipinski definition) is 1. The van der Waals surface area contributed by atoms with Crippen molar-refractivity contribution < 1.29 is 28.0 Å². The second kappa shape index (κ2) is 6.04. The standard InChI is InChI=1S/C13H8F2N2O5/c14-9-6-12(10(15)5-11(9)17(19)20)21-7-1-3-8(4-2-7)22-13(16)18/h1-6H,(H2,16,18). The predicted molar refractivity (Wildman–Crippen MR) is 69.7 cm³/mol. The fraction of sp³-hybridized carbons (Fsp3) is 0. The molecule has 0 fully saturated rings. The average Bonchev–Trinajstić information content (AvgIpc) is 2.43. The Morgan fingerprint density at radius 2 is 1.68 bits per heavy atom. The number of ether oxygens (including phenoxy) is 2. The molecule has 2 aromatic carbocycles. The number of carbonyl (C=O) groups is 1. The Bertz CT molecular complexity index is 734. The normalized spacial score (nSPS) is 10.1. The molecule has 2 rings (SSSR count). The van der Waals surface area contributed by atoms with Gasteiger partial charge in [-0.25, -0.2) is 9.18 Å². The van der Waals surface area contributed by atoms with Gasteiger partial charge in [0.25, 0.3) is 0 Å². The van der Waals surface area contributed by atoms with Crippen LogP contribution in [0, 0.1) is 21.7 Å². The lowest BCUT2D eigenvalue weighted by Gasteiger charge is -2.08. The summed E-state index contributed by atoms with van der Waals surface area (Å²) in [6.45, 7) is 0. The van der Waals surface area contributed by atoms with E-state index in [0.717, 1.165) is 0 Å². The molecule has 9 heteroatoms. The van der Waals surface area contributed by atoms with E-state index in [1.54, 1.807) is 0 Å². The minimum Gasteiger partial charge on any atom is -0.454 e. The smallest absolute Gasteiger partial charge is 0.409 e. The molecule has 0 saturated carbocycles. The molecule has 0 aliphatic carbocycles. The Kier molecular flexibility index (Phi) is 4.16. The molecule has 0 unspecified atom stereocenters. The molecule has 0 heterocycles. The van der Waals surface area contributed by atoms with Crippen LogP contribution in [-0.4, -0.2) is 11.0 Å². The van der Waals surface area contributed by atoms with E-state index in [1.165, 1.54) is 24.3 Å². The third kappa shape index (κ3) is 3.45. The number of nitrogens with two attached hydrogens (primary N) is 1. The number of carbonyl (C=O) groups excluding carboxylic acids is 1. The van der Waals surface area contributed by atoms with Gasteiger partial charge < -0.3 is 15.2 Å². The van der Waals surface area contributed by atoms with E-state index in [9.17, 15) is 23.7 Å². The van der Waals surface area contributed by atoms with Crippen LogP contribution < -0.4 is 15.2 Å². The molecule has 114 valence electrons. The molecule has 0 saturated heterocycles. The maximum absolute atomic E-state index is 13.6. The van der Waals surface area contributed by atoms with Gasteiger partial charge in [-0.3, -0.25) is 10.1 Å². The van der Waals surface area contributed by atoms with E-state index in [0.29, 0.717) is 12.1 Å². The molecule has 7 nitrogen and oxygen atoms in total. The Labute approximate surface area is 122 Å². The number of benzene rings is 2. The highest BCUT2D eigenvalue weighted by Crippen LogP contribution is 2.30. The summed E-state index contributed by atoms with van der Waals surface area (Å²) in [4.78, 5) is 20.0. The van der Waals surface area contributed by atoms with E-state index in [2.05, 4.69) is 4.74 Å². The van der Waals surface area contributed by atoms with Crippen molar-refractivity contribution in [3.8, 4) is 17.2 Å². The predicted octanol–water partition coefficient (Wildman–Crippen LogP) is 3.12. The van der Waals surface area contributed by atoms with Gasteiger partial charge in [0.2, 0.25) is 5.82 Å². The highest BCUT2D eigenvalue weighted by atomic mass is 19.1. The first-order valence-electron chi connectivity index (χ1n) is 5.75. The van der Waals surface area contributed by atoms with Crippen LogP contribution in [0.1, 0.15) is 0 Å². The minimum absolute atomic E-state index is 0.101. The molecule has 0 aliphatic rings. The summed E-state index contributed by atoms with van der Waals surface area (Å²) < 4.78 is 36.7. The molecule has 2 aromatic rings. The molecule has 22 heavy (non-hydrogen) atoms. The van der Waals surface area contributed by atoms with Crippen LogP contribution in [-0.2, 0) is 0 Å². The molecule has 0 bridgehead atoms. The van der Waals surface area contributed by atoms with Crippen LogP contribution in [0.4, 0.5) is 19.3 Å². The van der Waals surface area contributed by atoms with Crippen molar-refractivity contribution in [3.63, 3.8) is 0 Å². The Morgan fingerprint density at radius 1 is 1.09 bits per heavy atom. The zero-order valence-corrected chi connectivity index (χ0v) is 10.8. The molecular formula is C13H8F2N2O5. The van der Waals surface area contributed by atoms with Crippen LogP contribution in [0.25, 0.3) is 0 Å². The number of amides is 1. The number of primary amides is 1. The number of hydrogen-bond acceptors (Lipinski definition) is 5. The van der Waals surface area contributed by atoms with Crippen LogP contribution >= 0.6 is 0 Å². The third-order valence-corrected chi connectivity index (χ3v) is 2.47. The van der Waals surface area contributed by atoms with Crippen molar-refractivity contribution in [1.29, 1.82) is 0 Å². The quantitative estimate of drug-likeness (QED) is 0.690. The fourth-order valence-corrected chi connectivity index (χ4v) is 1.56. The maximum atomic E-state index is 13.6. The van der Waals surface area contributed by atoms with Gasteiger partial charge in [0.05, 0.1) is 11.0 Å². The first-order valence-corrected chi connectivity index (χ1v) is 5.75. The van der Waals surface area contributed by atoms with Crippen LogP contribution in [0.15, 0.2) is 36.4 Å². The number of halogens is 2. The molecule has 0 spiro atoms. The zero-order valence-electron chi connectivity index (χ0n) is 10.8. The number of nitro groups is 1. The van der Waals surface area contributed by atoms with Gasteiger partial charge in [-0.05, 0) is 24.3 Å². The Hall–Kier alpha value is -3.23. The molecule has 0 atom stereocenters. The highest BCUT2D eigenvalue weighted by Gasteiger charge is 2.19. The highest BCUT2D eigenvalue weighted by molar-refractivity contribution is 5.68. The summed E-state index contributed by atoms with van der Waals surface area (Å²) in [5.41, 5.74) is 3.83. The van der Waals surface area contributed by atoms with Crippen LogP contribution in [0.2, 0.25) is 0 Å². The van der Waals surface area contributed by atoms with Crippen LogP contribution in [0.5, 0.6) is 17.2 Å². The van der Waals surface area contributed by atoms with Gasteiger partial charge in [0.15, 0.2) is 11.6 Å². The van der Waals surface area contributed by atoms with Crippen LogP contribution in [0.3, 0.4) is 0 Å². The fourth-order valence-electron chi connectivity index (χ4n) is 1.56. The van der Waals surface area contributed by atoms with Crippen molar-refractivity contribution in [2.45, 2.75) is 0 Å². The van der Waals surface area contributed by atoms with E-state index >= 15 is 0 Å². The molecule has 0 aliphatic heterocycles. The zero-order chi connectivity index (χ0) is 16.3. The maximum Gasteiger partial charge on any atom is 0.409 e.